The Morgan fingerprint density at radius 3 is 1.81 bits per heavy atom. The molecule has 2 N–H and O–H groups in total. The van der Waals surface area contributed by atoms with Crippen molar-refractivity contribution in [2.75, 3.05) is 0 Å². The van der Waals surface area contributed by atoms with Crippen LogP contribution in [0.4, 0.5) is 0 Å². The zero-order valence-corrected chi connectivity index (χ0v) is 16.4. The summed E-state index contributed by atoms with van der Waals surface area (Å²) in [6, 6.07) is 15.1. The Labute approximate surface area is 158 Å². The van der Waals surface area contributed by atoms with E-state index >= 15 is 0 Å². The van der Waals surface area contributed by atoms with Gasteiger partial charge < -0.3 is 14.5 Å². The molecule has 0 bridgehead atoms. The summed E-state index contributed by atoms with van der Waals surface area (Å²) in [6.07, 6.45) is 7.50. The molecule has 134 valence electrons. The second-order valence-electron chi connectivity index (χ2n) is 6.36. The van der Waals surface area contributed by atoms with E-state index in [2.05, 4.69) is 19.7 Å². The van der Waals surface area contributed by atoms with Crippen LogP contribution < -0.4 is 9.89 Å². The van der Waals surface area contributed by atoms with Gasteiger partial charge in [-0.2, -0.15) is 0 Å². The van der Waals surface area contributed by atoms with Crippen molar-refractivity contribution < 1.29 is 14.5 Å². The van der Waals surface area contributed by atoms with Crippen molar-refractivity contribution in [2.24, 2.45) is 0 Å². The van der Waals surface area contributed by atoms with Crippen LogP contribution in [0.1, 0.15) is 12.8 Å². The molecule has 26 heavy (non-hydrogen) atoms. The van der Waals surface area contributed by atoms with Gasteiger partial charge in [-0.15, -0.1) is 19.7 Å². The highest BCUT2D eigenvalue weighted by Crippen LogP contribution is 2.36. The molecule has 3 nitrogen and oxygen atoms in total. The van der Waals surface area contributed by atoms with E-state index < -0.39 is 16.9 Å². The van der Waals surface area contributed by atoms with Crippen LogP contribution >= 0.6 is 0 Å². The number of rotatable bonds is 10. The Kier molecular flexibility index (Phi) is 7.21. The van der Waals surface area contributed by atoms with E-state index in [9.17, 15) is 0 Å². The largest absolute Gasteiger partial charge is 0.548 e. The Balaban J connectivity index is 2.07. The highest BCUT2D eigenvalue weighted by Gasteiger charge is 2.26. The van der Waals surface area contributed by atoms with Crippen LogP contribution in [0.2, 0.25) is 5.04 Å². The maximum absolute atomic E-state index is 9.17. The predicted molar refractivity (Wildman–Crippen MR) is 113 cm³/mol. The molecule has 0 aromatic heterocycles. The van der Waals surface area contributed by atoms with Gasteiger partial charge in [-0.05, 0) is 41.6 Å². The molecule has 5 heteroatoms. The van der Waals surface area contributed by atoms with E-state index in [1.165, 1.54) is 0 Å². The molecule has 0 aliphatic heterocycles. The Morgan fingerprint density at radius 2 is 1.38 bits per heavy atom. The van der Waals surface area contributed by atoms with Crippen LogP contribution in [0.5, 0.6) is 5.75 Å². The molecule has 0 amide bonds. The van der Waals surface area contributed by atoms with E-state index in [-0.39, 0.29) is 5.04 Å². The van der Waals surface area contributed by atoms with E-state index in [0.717, 1.165) is 29.7 Å². The summed E-state index contributed by atoms with van der Waals surface area (Å²) in [4.78, 5) is 0. The fraction of sp³-hybridized carbons (Fsp3) is 0.143. The van der Waals surface area contributed by atoms with Crippen molar-refractivity contribution in [2.45, 2.75) is 17.9 Å². The molecule has 0 saturated carbocycles. The summed E-state index contributed by atoms with van der Waals surface area (Å²) in [5.74, 6) is 0.849. The van der Waals surface area contributed by atoms with Gasteiger partial charge in [-0.1, -0.05) is 54.6 Å². The molecule has 0 spiro atoms. The van der Waals surface area contributed by atoms with Crippen LogP contribution in [-0.2, 0) is 0 Å². The molecule has 0 heterocycles. The number of hydrogen-bond acceptors (Lipinski definition) is 3. The minimum Gasteiger partial charge on any atom is -0.548 e. The van der Waals surface area contributed by atoms with Crippen molar-refractivity contribution in [3.63, 3.8) is 0 Å². The van der Waals surface area contributed by atoms with E-state index in [1.54, 1.807) is 12.1 Å². The second-order valence-corrected chi connectivity index (χ2v) is 8.35. The van der Waals surface area contributed by atoms with Crippen molar-refractivity contribution in [1.29, 1.82) is 0 Å². The van der Waals surface area contributed by atoms with Crippen molar-refractivity contribution in [1.82, 2.24) is 0 Å². The van der Waals surface area contributed by atoms with Gasteiger partial charge in [-0.3, -0.25) is 0 Å². The van der Waals surface area contributed by atoms with E-state index in [0.29, 0.717) is 5.46 Å². The third kappa shape index (κ3) is 5.08. The van der Waals surface area contributed by atoms with Crippen LogP contribution in [0.15, 0.2) is 86.5 Å². The summed E-state index contributed by atoms with van der Waals surface area (Å²) in [5, 5.41) is 18.3. The molecule has 2 aromatic rings. The lowest BCUT2D eigenvalue weighted by molar-refractivity contribution is 0.426. The smallest absolute Gasteiger partial charge is 0.488 e. The Bertz CT molecular complexity index is 729. The fourth-order valence-electron chi connectivity index (χ4n) is 2.82. The SMILES string of the molecule is C=CCC(C=C)(CC=C)[SiH2]Oc1ccc(-c2ccc(B(O)O)cc2)cc1. The third-order valence-electron chi connectivity index (χ3n) is 4.46. The highest BCUT2D eigenvalue weighted by atomic mass is 28.2. The van der Waals surface area contributed by atoms with Gasteiger partial charge in [0.25, 0.3) is 0 Å². The van der Waals surface area contributed by atoms with Crippen LogP contribution in [0.25, 0.3) is 11.1 Å². The molecule has 0 fully saturated rings. The molecular formula is C21H25BO3Si. The van der Waals surface area contributed by atoms with Gasteiger partial charge in [0, 0.05) is 5.04 Å². The van der Waals surface area contributed by atoms with Gasteiger partial charge in [0.1, 0.15) is 5.75 Å². The second kappa shape index (κ2) is 9.38. The molecule has 0 aliphatic carbocycles. The van der Waals surface area contributed by atoms with Crippen molar-refractivity contribution >= 4 is 22.3 Å². The third-order valence-corrected chi connectivity index (χ3v) is 6.38. The lowest BCUT2D eigenvalue weighted by Gasteiger charge is -2.27. The molecule has 0 atom stereocenters. The first kappa shape index (κ1) is 20.0. The normalized spacial score (nSPS) is 11.3. The maximum Gasteiger partial charge on any atom is 0.488 e. The molecule has 0 saturated heterocycles. The van der Waals surface area contributed by atoms with Crippen LogP contribution in [-0.4, -0.2) is 26.9 Å². The average Bonchev–Trinajstić information content (AvgIpc) is 2.67. The lowest BCUT2D eigenvalue weighted by atomic mass is 9.80. The van der Waals surface area contributed by atoms with Gasteiger partial charge in [0.2, 0.25) is 9.76 Å². The van der Waals surface area contributed by atoms with E-state index in [1.807, 2.05) is 54.6 Å². The molecular weight excluding hydrogens is 339 g/mol. The highest BCUT2D eigenvalue weighted by molar-refractivity contribution is 6.58. The minimum atomic E-state index is -1.44. The van der Waals surface area contributed by atoms with E-state index in [4.69, 9.17) is 14.5 Å². The summed E-state index contributed by atoms with van der Waals surface area (Å²) >= 11 is 0. The topological polar surface area (TPSA) is 49.7 Å². The average molecular weight is 364 g/mol. The molecule has 0 unspecified atom stereocenters. The fourth-order valence-corrected chi connectivity index (χ4v) is 4.23. The van der Waals surface area contributed by atoms with Crippen molar-refractivity contribution in [3.05, 3.63) is 86.5 Å². The minimum absolute atomic E-state index is 0.0524. The molecule has 2 aromatic carbocycles. The Hall–Kier alpha value is -2.34. The predicted octanol–water partition coefficient (Wildman–Crippen LogP) is 2.99. The quantitative estimate of drug-likeness (QED) is 0.503. The standard InChI is InChI=1S/C21H25BO3Si/c1-4-15-21(6-3,16-5-2)26-25-20-13-9-18(10-14-20)17-7-11-19(12-8-17)22(23)24/h4-14,23-24H,1-3,15-16,26H2. The zero-order valence-electron chi connectivity index (χ0n) is 15.0. The maximum atomic E-state index is 9.17. The number of hydrogen-bond donors (Lipinski definition) is 2. The summed E-state index contributed by atoms with van der Waals surface area (Å²) in [5.41, 5.74) is 2.53. The van der Waals surface area contributed by atoms with Gasteiger partial charge >= 0.3 is 7.12 Å². The summed E-state index contributed by atoms with van der Waals surface area (Å²) < 4.78 is 6.11. The molecule has 0 aliphatic rings. The monoisotopic (exact) mass is 364 g/mol. The van der Waals surface area contributed by atoms with Crippen LogP contribution in [0.3, 0.4) is 0 Å². The number of allylic oxidation sites excluding steroid dienone is 3. The Morgan fingerprint density at radius 1 is 0.885 bits per heavy atom. The first-order valence-electron chi connectivity index (χ1n) is 8.58. The van der Waals surface area contributed by atoms with Crippen LogP contribution in [0, 0.1) is 0 Å². The molecule has 0 radical (unpaired) electrons. The first-order valence-corrected chi connectivity index (χ1v) is 9.87. The van der Waals surface area contributed by atoms with Gasteiger partial charge in [0.05, 0.1) is 0 Å². The summed E-state index contributed by atoms with van der Waals surface area (Å²) in [6.45, 7) is 11.7. The molecule has 2 rings (SSSR count). The van der Waals surface area contributed by atoms with Gasteiger partial charge in [0.15, 0.2) is 0 Å². The summed E-state index contributed by atoms with van der Waals surface area (Å²) in [7, 11) is -2.35. The zero-order chi connectivity index (χ0) is 19.0. The van der Waals surface area contributed by atoms with Gasteiger partial charge in [-0.25, -0.2) is 0 Å². The number of benzene rings is 2. The lowest BCUT2D eigenvalue weighted by Crippen LogP contribution is -2.29. The first-order chi connectivity index (χ1) is 12.5. The van der Waals surface area contributed by atoms with Crippen molar-refractivity contribution in [3.8, 4) is 16.9 Å².